The Bertz CT molecular complexity index is 783. The predicted molar refractivity (Wildman–Crippen MR) is 74.7 cm³/mol. The third-order valence-electron chi connectivity index (χ3n) is 3.07. The van der Waals surface area contributed by atoms with Crippen LogP contribution in [0.5, 0.6) is 0 Å². The molecule has 8 heteroatoms. The van der Waals surface area contributed by atoms with Crippen molar-refractivity contribution in [3.8, 4) is 11.4 Å². The zero-order valence-electron chi connectivity index (χ0n) is 12.1. The SMILES string of the molecule is COCCc1nccc(-c2nnc3nc(C)nn3c2C)n1. The molecule has 3 rings (SSSR count). The molecule has 0 aromatic carbocycles. The van der Waals surface area contributed by atoms with E-state index in [2.05, 4.69) is 30.2 Å². The van der Waals surface area contributed by atoms with Gasteiger partial charge in [-0.25, -0.2) is 9.97 Å². The van der Waals surface area contributed by atoms with E-state index in [0.717, 1.165) is 11.4 Å². The monoisotopic (exact) mass is 285 g/mol. The van der Waals surface area contributed by atoms with Crippen molar-refractivity contribution in [3.05, 3.63) is 29.6 Å². The minimum atomic E-state index is 0.488. The Morgan fingerprint density at radius 3 is 2.86 bits per heavy atom. The van der Waals surface area contributed by atoms with Gasteiger partial charge >= 0.3 is 0 Å². The van der Waals surface area contributed by atoms with E-state index >= 15 is 0 Å². The first kappa shape index (κ1) is 13.5. The summed E-state index contributed by atoms with van der Waals surface area (Å²) in [6.07, 6.45) is 2.37. The average Bonchev–Trinajstić information content (AvgIpc) is 2.87. The van der Waals surface area contributed by atoms with Gasteiger partial charge in [-0.3, -0.25) is 0 Å². The second-order valence-corrected chi connectivity index (χ2v) is 4.61. The van der Waals surface area contributed by atoms with E-state index in [1.54, 1.807) is 17.8 Å². The van der Waals surface area contributed by atoms with Crippen LogP contribution in [0.2, 0.25) is 0 Å². The van der Waals surface area contributed by atoms with E-state index in [-0.39, 0.29) is 0 Å². The van der Waals surface area contributed by atoms with Gasteiger partial charge in [0.25, 0.3) is 5.78 Å². The molecule has 3 heterocycles. The molecule has 0 unspecified atom stereocenters. The fourth-order valence-electron chi connectivity index (χ4n) is 2.04. The van der Waals surface area contributed by atoms with Gasteiger partial charge in [0.1, 0.15) is 17.3 Å². The summed E-state index contributed by atoms with van der Waals surface area (Å²) in [5, 5.41) is 12.6. The van der Waals surface area contributed by atoms with Gasteiger partial charge in [-0.1, -0.05) is 0 Å². The van der Waals surface area contributed by atoms with Crippen LogP contribution in [0.15, 0.2) is 12.3 Å². The Kier molecular flexibility index (Phi) is 3.53. The minimum Gasteiger partial charge on any atom is -0.384 e. The normalized spacial score (nSPS) is 11.2. The van der Waals surface area contributed by atoms with Crippen LogP contribution in [0.1, 0.15) is 17.3 Å². The first-order valence-corrected chi connectivity index (χ1v) is 6.57. The molecule has 0 N–H and O–H groups in total. The number of nitrogens with zero attached hydrogens (tertiary/aromatic N) is 7. The van der Waals surface area contributed by atoms with Crippen LogP contribution in [0.4, 0.5) is 0 Å². The summed E-state index contributed by atoms with van der Waals surface area (Å²) >= 11 is 0. The topological polar surface area (TPSA) is 91.0 Å². The first-order valence-electron chi connectivity index (χ1n) is 6.57. The second kappa shape index (κ2) is 5.49. The van der Waals surface area contributed by atoms with Crippen LogP contribution in [-0.2, 0) is 11.2 Å². The molecule has 0 aliphatic rings. The third kappa shape index (κ3) is 2.57. The third-order valence-corrected chi connectivity index (χ3v) is 3.07. The molecule has 108 valence electrons. The maximum absolute atomic E-state index is 5.05. The summed E-state index contributed by atoms with van der Waals surface area (Å²) in [5.74, 6) is 1.86. The number of hydrogen-bond donors (Lipinski definition) is 0. The van der Waals surface area contributed by atoms with Crippen LogP contribution >= 0.6 is 0 Å². The van der Waals surface area contributed by atoms with Crippen LogP contribution in [0.25, 0.3) is 17.2 Å². The maximum Gasteiger partial charge on any atom is 0.272 e. The van der Waals surface area contributed by atoms with Crippen LogP contribution in [-0.4, -0.2) is 48.5 Å². The number of aryl methyl sites for hydroxylation is 2. The summed E-state index contributed by atoms with van der Waals surface area (Å²) in [5.41, 5.74) is 2.24. The van der Waals surface area contributed by atoms with Crippen molar-refractivity contribution >= 4 is 5.78 Å². The summed E-state index contributed by atoms with van der Waals surface area (Å²) in [4.78, 5) is 12.9. The van der Waals surface area contributed by atoms with E-state index in [9.17, 15) is 0 Å². The maximum atomic E-state index is 5.05. The number of hydrogen-bond acceptors (Lipinski definition) is 7. The quantitative estimate of drug-likeness (QED) is 0.699. The lowest BCUT2D eigenvalue weighted by atomic mass is 10.2. The van der Waals surface area contributed by atoms with Crippen molar-refractivity contribution in [2.24, 2.45) is 0 Å². The summed E-state index contributed by atoms with van der Waals surface area (Å²) in [6, 6.07) is 1.81. The lowest BCUT2D eigenvalue weighted by Crippen LogP contribution is -2.06. The van der Waals surface area contributed by atoms with Crippen LogP contribution < -0.4 is 0 Å². The van der Waals surface area contributed by atoms with Crippen LogP contribution in [0, 0.1) is 13.8 Å². The van der Waals surface area contributed by atoms with Crippen molar-refractivity contribution in [3.63, 3.8) is 0 Å². The van der Waals surface area contributed by atoms with Gasteiger partial charge in [0, 0.05) is 19.7 Å². The largest absolute Gasteiger partial charge is 0.384 e. The van der Waals surface area contributed by atoms with Crippen molar-refractivity contribution in [2.45, 2.75) is 20.3 Å². The van der Waals surface area contributed by atoms with E-state index in [1.807, 2.05) is 19.9 Å². The smallest absolute Gasteiger partial charge is 0.272 e. The molecule has 0 spiro atoms. The van der Waals surface area contributed by atoms with Gasteiger partial charge in [-0.2, -0.15) is 9.50 Å². The van der Waals surface area contributed by atoms with Crippen molar-refractivity contribution in [1.29, 1.82) is 0 Å². The number of methoxy groups -OCH3 is 1. The molecule has 0 amide bonds. The van der Waals surface area contributed by atoms with Gasteiger partial charge < -0.3 is 4.74 Å². The summed E-state index contributed by atoms with van der Waals surface area (Å²) in [6.45, 7) is 4.32. The van der Waals surface area contributed by atoms with E-state index in [1.165, 1.54) is 0 Å². The molecule has 0 saturated heterocycles. The van der Waals surface area contributed by atoms with Crippen molar-refractivity contribution in [2.75, 3.05) is 13.7 Å². The zero-order chi connectivity index (χ0) is 14.8. The van der Waals surface area contributed by atoms with E-state index < -0.39 is 0 Å². The van der Waals surface area contributed by atoms with Gasteiger partial charge in [-0.15, -0.1) is 15.3 Å². The number of fused-ring (bicyclic) bond motifs is 1. The molecule has 0 saturated carbocycles. The highest BCUT2D eigenvalue weighted by atomic mass is 16.5. The predicted octanol–water partition coefficient (Wildman–Crippen LogP) is 0.782. The van der Waals surface area contributed by atoms with Gasteiger partial charge in [0.15, 0.2) is 0 Å². The van der Waals surface area contributed by atoms with Gasteiger partial charge in [-0.05, 0) is 19.9 Å². The lowest BCUT2D eigenvalue weighted by Gasteiger charge is -2.06. The van der Waals surface area contributed by atoms with E-state index in [4.69, 9.17) is 4.74 Å². The minimum absolute atomic E-state index is 0.488. The second-order valence-electron chi connectivity index (χ2n) is 4.61. The summed E-state index contributed by atoms with van der Waals surface area (Å²) < 4.78 is 6.72. The van der Waals surface area contributed by atoms with Crippen molar-refractivity contribution in [1.82, 2.24) is 34.8 Å². The fraction of sp³-hybridized carbons (Fsp3) is 0.385. The molecule has 0 radical (unpaired) electrons. The Labute approximate surface area is 121 Å². The number of aromatic nitrogens is 7. The molecule has 0 bridgehead atoms. The van der Waals surface area contributed by atoms with E-state index in [0.29, 0.717) is 36.1 Å². The number of rotatable bonds is 4. The number of ether oxygens (including phenoxy) is 1. The van der Waals surface area contributed by atoms with Crippen molar-refractivity contribution < 1.29 is 4.74 Å². The van der Waals surface area contributed by atoms with Crippen LogP contribution in [0.3, 0.4) is 0 Å². The lowest BCUT2D eigenvalue weighted by molar-refractivity contribution is 0.200. The molecule has 21 heavy (non-hydrogen) atoms. The van der Waals surface area contributed by atoms with Gasteiger partial charge in [0.2, 0.25) is 0 Å². The highest BCUT2D eigenvalue weighted by Crippen LogP contribution is 2.18. The standard InChI is InChI=1S/C13H15N7O/c1-8-12(17-18-13-15-9(2)19-20(8)13)10-4-6-14-11(16-10)5-7-21-3/h4,6H,5,7H2,1-3H3. The zero-order valence-corrected chi connectivity index (χ0v) is 12.1. The molecule has 3 aromatic heterocycles. The van der Waals surface area contributed by atoms with Gasteiger partial charge in [0.05, 0.1) is 18.0 Å². The molecular formula is C13H15N7O. The Morgan fingerprint density at radius 2 is 2.05 bits per heavy atom. The average molecular weight is 285 g/mol. The molecule has 0 aliphatic heterocycles. The Morgan fingerprint density at radius 1 is 1.19 bits per heavy atom. The molecule has 3 aromatic rings. The molecular weight excluding hydrogens is 270 g/mol. The molecule has 8 nitrogen and oxygen atoms in total. The molecule has 0 aliphatic carbocycles. The fourth-order valence-corrected chi connectivity index (χ4v) is 2.04. The Hall–Kier alpha value is -2.48. The highest BCUT2D eigenvalue weighted by molar-refractivity contribution is 5.56. The summed E-state index contributed by atoms with van der Waals surface area (Å²) in [7, 11) is 1.65. The molecule has 0 fully saturated rings. The Balaban J connectivity index is 2.05. The first-order chi connectivity index (χ1) is 10.2. The molecule has 0 atom stereocenters. The highest BCUT2D eigenvalue weighted by Gasteiger charge is 2.13.